The highest BCUT2D eigenvalue weighted by Crippen LogP contribution is 2.37. The molecule has 6 heteroatoms. The molecule has 108 valence electrons. The number of phenols is 1. The summed E-state index contributed by atoms with van der Waals surface area (Å²) in [5.41, 5.74) is 5.43. The summed E-state index contributed by atoms with van der Waals surface area (Å²) in [4.78, 5) is 23.3. The molecule has 1 aliphatic rings. The SMILES string of the molecule is CC1(C(=O)Nc2ccc(O)c(C(=O)O)c2)CCCC1N. The fourth-order valence-corrected chi connectivity index (χ4v) is 2.53. The Hall–Kier alpha value is -2.08. The third kappa shape index (κ3) is 2.46. The highest BCUT2D eigenvalue weighted by molar-refractivity contribution is 5.98. The van der Waals surface area contributed by atoms with E-state index in [0.29, 0.717) is 12.1 Å². The maximum absolute atomic E-state index is 12.3. The van der Waals surface area contributed by atoms with E-state index in [1.165, 1.54) is 18.2 Å². The fraction of sp³-hybridized carbons (Fsp3) is 0.429. The lowest BCUT2D eigenvalue weighted by Crippen LogP contribution is -2.44. The zero-order valence-corrected chi connectivity index (χ0v) is 11.2. The number of carbonyl (C=O) groups excluding carboxylic acids is 1. The molecule has 2 rings (SSSR count). The highest BCUT2D eigenvalue weighted by atomic mass is 16.4. The first-order valence-electron chi connectivity index (χ1n) is 6.48. The summed E-state index contributed by atoms with van der Waals surface area (Å²) in [6.45, 7) is 1.82. The van der Waals surface area contributed by atoms with E-state index in [1.807, 2.05) is 6.92 Å². The molecule has 6 nitrogen and oxygen atoms in total. The number of hydrogen-bond donors (Lipinski definition) is 4. The highest BCUT2D eigenvalue weighted by Gasteiger charge is 2.42. The number of nitrogens with one attached hydrogen (secondary N) is 1. The van der Waals surface area contributed by atoms with Crippen molar-refractivity contribution in [2.24, 2.45) is 11.1 Å². The number of aromatic carboxylic acids is 1. The number of amides is 1. The molecule has 1 aromatic rings. The van der Waals surface area contributed by atoms with Crippen LogP contribution in [0.15, 0.2) is 18.2 Å². The minimum absolute atomic E-state index is 0.196. The van der Waals surface area contributed by atoms with Gasteiger partial charge in [0, 0.05) is 11.7 Å². The van der Waals surface area contributed by atoms with Gasteiger partial charge in [0.1, 0.15) is 11.3 Å². The van der Waals surface area contributed by atoms with Crippen molar-refractivity contribution in [3.63, 3.8) is 0 Å². The molecule has 0 aromatic heterocycles. The van der Waals surface area contributed by atoms with E-state index in [4.69, 9.17) is 10.8 Å². The van der Waals surface area contributed by atoms with Crippen molar-refractivity contribution in [1.82, 2.24) is 0 Å². The molecule has 20 heavy (non-hydrogen) atoms. The Labute approximate surface area is 116 Å². The second kappa shape index (κ2) is 5.13. The number of carboxylic acid groups (broad SMARTS) is 1. The van der Waals surface area contributed by atoms with Crippen LogP contribution in [-0.2, 0) is 4.79 Å². The number of rotatable bonds is 3. The predicted octanol–water partition coefficient (Wildman–Crippen LogP) is 1.55. The molecule has 0 saturated heterocycles. The average Bonchev–Trinajstić information content (AvgIpc) is 2.73. The Morgan fingerprint density at radius 2 is 2.15 bits per heavy atom. The molecule has 1 aliphatic carbocycles. The molecule has 1 saturated carbocycles. The van der Waals surface area contributed by atoms with E-state index < -0.39 is 11.4 Å². The van der Waals surface area contributed by atoms with Crippen LogP contribution in [0, 0.1) is 5.41 Å². The first-order valence-corrected chi connectivity index (χ1v) is 6.48. The third-order valence-electron chi connectivity index (χ3n) is 4.03. The molecule has 5 N–H and O–H groups in total. The van der Waals surface area contributed by atoms with E-state index >= 15 is 0 Å². The number of carbonyl (C=O) groups is 2. The van der Waals surface area contributed by atoms with Gasteiger partial charge in [-0.05, 0) is 38.0 Å². The zero-order valence-electron chi connectivity index (χ0n) is 11.2. The van der Waals surface area contributed by atoms with Crippen molar-refractivity contribution in [2.75, 3.05) is 5.32 Å². The smallest absolute Gasteiger partial charge is 0.339 e. The number of nitrogens with two attached hydrogens (primary N) is 1. The lowest BCUT2D eigenvalue weighted by molar-refractivity contribution is -0.125. The quantitative estimate of drug-likeness (QED) is 0.626. The van der Waals surface area contributed by atoms with Crippen LogP contribution in [0.5, 0.6) is 5.75 Å². The van der Waals surface area contributed by atoms with Crippen molar-refractivity contribution in [3.05, 3.63) is 23.8 Å². The topological polar surface area (TPSA) is 113 Å². The molecule has 2 atom stereocenters. The van der Waals surface area contributed by atoms with Crippen LogP contribution in [0.25, 0.3) is 0 Å². The monoisotopic (exact) mass is 278 g/mol. The van der Waals surface area contributed by atoms with E-state index in [1.54, 1.807) is 0 Å². The Morgan fingerprint density at radius 3 is 2.70 bits per heavy atom. The first kappa shape index (κ1) is 14.3. The van der Waals surface area contributed by atoms with E-state index in [-0.39, 0.29) is 23.3 Å². The van der Waals surface area contributed by atoms with Gasteiger partial charge in [-0.1, -0.05) is 6.42 Å². The number of hydrogen-bond acceptors (Lipinski definition) is 4. The molecule has 0 bridgehead atoms. The van der Waals surface area contributed by atoms with Gasteiger partial charge in [0.25, 0.3) is 0 Å². The van der Waals surface area contributed by atoms with Crippen LogP contribution in [0.2, 0.25) is 0 Å². The minimum atomic E-state index is -1.25. The molecule has 1 fully saturated rings. The van der Waals surface area contributed by atoms with Gasteiger partial charge in [-0.25, -0.2) is 4.79 Å². The summed E-state index contributed by atoms with van der Waals surface area (Å²) < 4.78 is 0. The van der Waals surface area contributed by atoms with Crippen molar-refractivity contribution in [2.45, 2.75) is 32.2 Å². The number of carboxylic acids is 1. The second-order valence-corrected chi connectivity index (χ2v) is 5.41. The number of benzene rings is 1. The third-order valence-corrected chi connectivity index (χ3v) is 4.03. The number of aromatic hydroxyl groups is 1. The van der Waals surface area contributed by atoms with Crippen molar-refractivity contribution in [1.29, 1.82) is 0 Å². The average molecular weight is 278 g/mol. The summed E-state index contributed by atoms with van der Waals surface area (Å²) >= 11 is 0. The van der Waals surface area contributed by atoms with Crippen molar-refractivity contribution in [3.8, 4) is 5.75 Å². The van der Waals surface area contributed by atoms with Crippen molar-refractivity contribution >= 4 is 17.6 Å². The van der Waals surface area contributed by atoms with Crippen LogP contribution in [0.1, 0.15) is 36.5 Å². The summed E-state index contributed by atoms with van der Waals surface area (Å²) in [6, 6.07) is 3.75. The van der Waals surface area contributed by atoms with E-state index in [9.17, 15) is 14.7 Å². The minimum Gasteiger partial charge on any atom is -0.507 e. The van der Waals surface area contributed by atoms with Gasteiger partial charge < -0.3 is 21.3 Å². The molecule has 1 aromatic carbocycles. The largest absolute Gasteiger partial charge is 0.507 e. The second-order valence-electron chi connectivity index (χ2n) is 5.41. The van der Waals surface area contributed by atoms with Gasteiger partial charge in [0.2, 0.25) is 5.91 Å². The summed E-state index contributed by atoms with van der Waals surface area (Å²) in [6.07, 6.45) is 2.42. The summed E-state index contributed by atoms with van der Waals surface area (Å²) in [7, 11) is 0. The molecule has 1 amide bonds. The molecule has 0 heterocycles. The van der Waals surface area contributed by atoms with E-state index in [2.05, 4.69) is 5.32 Å². The van der Waals surface area contributed by atoms with Gasteiger partial charge >= 0.3 is 5.97 Å². The van der Waals surface area contributed by atoms with E-state index in [0.717, 1.165) is 12.8 Å². The van der Waals surface area contributed by atoms with Crippen LogP contribution < -0.4 is 11.1 Å². The molecule has 2 unspecified atom stereocenters. The molecular weight excluding hydrogens is 260 g/mol. The Bertz CT molecular complexity index is 558. The summed E-state index contributed by atoms with van der Waals surface area (Å²) in [5.74, 6) is -1.80. The molecular formula is C14H18N2O4. The van der Waals surface area contributed by atoms with Crippen LogP contribution in [-0.4, -0.2) is 28.1 Å². The van der Waals surface area contributed by atoms with Crippen LogP contribution >= 0.6 is 0 Å². The molecule has 0 radical (unpaired) electrons. The van der Waals surface area contributed by atoms with Gasteiger partial charge in [-0.2, -0.15) is 0 Å². The fourth-order valence-electron chi connectivity index (χ4n) is 2.53. The lowest BCUT2D eigenvalue weighted by Gasteiger charge is -2.27. The summed E-state index contributed by atoms with van der Waals surface area (Å²) in [5, 5.41) is 21.0. The van der Waals surface area contributed by atoms with Gasteiger partial charge in [-0.15, -0.1) is 0 Å². The van der Waals surface area contributed by atoms with Crippen LogP contribution in [0.4, 0.5) is 5.69 Å². The standard InChI is InChI=1S/C14H18N2O4/c1-14(6-2-3-11(14)15)13(20)16-8-4-5-10(17)9(7-8)12(18)19/h4-5,7,11,17H,2-3,6,15H2,1H3,(H,16,20)(H,18,19). The Kier molecular flexibility index (Phi) is 3.67. The normalized spacial score (nSPS) is 25.4. The lowest BCUT2D eigenvalue weighted by atomic mass is 9.84. The molecule has 0 aliphatic heterocycles. The predicted molar refractivity (Wildman–Crippen MR) is 73.6 cm³/mol. The first-order chi connectivity index (χ1) is 9.34. The Balaban J connectivity index is 2.20. The van der Waals surface area contributed by atoms with Gasteiger partial charge in [0.05, 0.1) is 5.41 Å². The zero-order chi connectivity index (χ0) is 14.9. The van der Waals surface area contributed by atoms with Crippen molar-refractivity contribution < 1.29 is 19.8 Å². The van der Waals surface area contributed by atoms with Crippen LogP contribution in [0.3, 0.4) is 0 Å². The van der Waals surface area contributed by atoms with Gasteiger partial charge in [-0.3, -0.25) is 4.79 Å². The molecule has 0 spiro atoms. The maximum Gasteiger partial charge on any atom is 0.339 e. The van der Waals surface area contributed by atoms with Gasteiger partial charge in [0.15, 0.2) is 0 Å². The maximum atomic E-state index is 12.3. The Morgan fingerprint density at radius 1 is 1.45 bits per heavy atom. The number of anilines is 1.